The number of hydrogen-bond donors (Lipinski definition) is 1. The van der Waals surface area contributed by atoms with Crippen molar-refractivity contribution in [3.05, 3.63) is 63.6 Å². The van der Waals surface area contributed by atoms with Crippen molar-refractivity contribution in [2.24, 2.45) is 5.92 Å². The van der Waals surface area contributed by atoms with Crippen molar-refractivity contribution in [3.8, 4) is 0 Å². The molecule has 2 aromatic rings. The molecule has 1 aromatic carbocycles. The number of halogens is 2. The van der Waals surface area contributed by atoms with E-state index in [1.165, 1.54) is 6.07 Å². The monoisotopic (exact) mass is 350 g/mol. The number of nitrogens with zero attached hydrogens (tertiary/aromatic N) is 1. The zero-order chi connectivity index (χ0) is 15.4. The van der Waals surface area contributed by atoms with Gasteiger partial charge in [-0.25, -0.2) is 4.39 Å². The molecule has 1 unspecified atom stereocenters. The van der Waals surface area contributed by atoms with Gasteiger partial charge in [0.05, 0.1) is 11.7 Å². The second-order valence-electron chi connectivity index (χ2n) is 5.54. The van der Waals surface area contributed by atoms with Gasteiger partial charge in [-0.2, -0.15) is 0 Å². The van der Waals surface area contributed by atoms with E-state index in [4.69, 9.17) is 0 Å². The Bertz CT molecular complexity index is 613. The summed E-state index contributed by atoms with van der Waals surface area (Å²) in [5.41, 5.74) is 2.85. The van der Waals surface area contributed by atoms with Crippen LogP contribution in [0.15, 0.2) is 41.0 Å². The molecule has 0 saturated heterocycles. The predicted octanol–water partition coefficient (Wildman–Crippen LogP) is 4.78. The second kappa shape index (κ2) is 7.14. The summed E-state index contributed by atoms with van der Waals surface area (Å²) < 4.78 is 14.7. The lowest BCUT2D eigenvalue weighted by Crippen LogP contribution is -2.27. The zero-order valence-corrected chi connectivity index (χ0v) is 14.1. The smallest absolute Gasteiger partial charge is 0.128 e. The normalized spacial score (nSPS) is 12.7. The summed E-state index contributed by atoms with van der Waals surface area (Å²) in [5.74, 6) is 0.175. The molecule has 112 valence electrons. The van der Waals surface area contributed by atoms with Crippen LogP contribution in [0.25, 0.3) is 0 Å². The molecule has 0 bridgehead atoms. The largest absolute Gasteiger partial charge is 0.304 e. The molecule has 0 saturated carbocycles. The highest BCUT2D eigenvalue weighted by Crippen LogP contribution is 2.23. The van der Waals surface area contributed by atoms with E-state index >= 15 is 0 Å². The first-order valence-electron chi connectivity index (χ1n) is 7.08. The summed E-state index contributed by atoms with van der Waals surface area (Å²) in [7, 11) is 0. The van der Waals surface area contributed by atoms with Crippen LogP contribution < -0.4 is 5.32 Å². The van der Waals surface area contributed by atoms with Crippen molar-refractivity contribution in [2.75, 3.05) is 0 Å². The molecule has 21 heavy (non-hydrogen) atoms. The Kier molecular flexibility index (Phi) is 5.48. The average Bonchev–Trinajstić information content (AvgIpc) is 2.42. The molecule has 1 heterocycles. The first-order valence-corrected chi connectivity index (χ1v) is 7.87. The number of pyridine rings is 1. The topological polar surface area (TPSA) is 24.9 Å². The highest BCUT2D eigenvalue weighted by Gasteiger charge is 2.19. The fraction of sp³-hybridized carbons (Fsp3) is 0.353. The van der Waals surface area contributed by atoms with Crippen molar-refractivity contribution in [3.63, 3.8) is 0 Å². The van der Waals surface area contributed by atoms with Crippen LogP contribution in [0.2, 0.25) is 0 Å². The van der Waals surface area contributed by atoms with Gasteiger partial charge in [0.1, 0.15) is 5.82 Å². The average molecular weight is 351 g/mol. The first kappa shape index (κ1) is 16.1. The number of rotatable bonds is 5. The second-order valence-corrected chi connectivity index (χ2v) is 6.46. The van der Waals surface area contributed by atoms with Gasteiger partial charge in [0, 0.05) is 22.8 Å². The third-order valence-corrected chi connectivity index (χ3v) is 4.03. The predicted molar refractivity (Wildman–Crippen MR) is 87.5 cm³/mol. The van der Waals surface area contributed by atoms with Gasteiger partial charge in [0.2, 0.25) is 0 Å². The number of aromatic nitrogens is 1. The van der Waals surface area contributed by atoms with E-state index in [0.717, 1.165) is 15.7 Å². The van der Waals surface area contributed by atoms with Gasteiger partial charge in [-0.15, -0.1) is 0 Å². The third-order valence-electron chi connectivity index (χ3n) is 3.54. The van der Waals surface area contributed by atoms with Crippen molar-refractivity contribution >= 4 is 15.9 Å². The zero-order valence-electron chi connectivity index (χ0n) is 12.5. The van der Waals surface area contributed by atoms with Crippen LogP contribution in [0.4, 0.5) is 4.39 Å². The molecule has 0 radical (unpaired) electrons. The number of benzene rings is 1. The Morgan fingerprint density at radius 1 is 1.29 bits per heavy atom. The fourth-order valence-electron chi connectivity index (χ4n) is 2.36. The Balaban J connectivity index is 2.16. The molecule has 0 aliphatic carbocycles. The van der Waals surface area contributed by atoms with Crippen molar-refractivity contribution in [2.45, 2.75) is 33.4 Å². The molecular weight excluding hydrogens is 331 g/mol. The lowest BCUT2D eigenvalue weighted by atomic mass is 9.97. The molecule has 0 aliphatic rings. The Labute approximate surface area is 133 Å². The Hall–Kier alpha value is -1.26. The number of hydrogen-bond acceptors (Lipinski definition) is 2. The van der Waals surface area contributed by atoms with Gasteiger partial charge in [-0.3, -0.25) is 4.98 Å². The molecule has 0 spiro atoms. The van der Waals surface area contributed by atoms with E-state index in [9.17, 15) is 4.39 Å². The van der Waals surface area contributed by atoms with Gasteiger partial charge in [0.15, 0.2) is 0 Å². The van der Waals surface area contributed by atoms with Crippen LogP contribution in [0, 0.1) is 18.7 Å². The molecule has 1 N–H and O–H groups in total. The summed E-state index contributed by atoms with van der Waals surface area (Å²) in [6, 6.07) is 9.25. The lowest BCUT2D eigenvalue weighted by molar-refractivity contribution is 0.397. The summed E-state index contributed by atoms with van der Waals surface area (Å²) in [6.45, 7) is 6.82. The van der Waals surface area contributed by atoms with E-state index in [2.05, 4.69) is 53.1 Å². The summed E-state index contributed by atoms with van der Waals surface area (Å²) in [6.07, 6.45) is 1.81. The van der Waals surface area contributed by atoms with Crippen molar-refractivity contribution in [1.82, 2.24) is 10.3 Å². The molecule has 1 atom stereocenters. The quantitative estimate of drug-likeness (QED) is 0.839. The maximum atomic E-state index is 13.9. The highest BCUT2D eigenvalue weighted by atomic mass is 79.9. The minimum Gasteiger partial charge on any atom is -0.304 e. The fourth-order valence-corrected chi connectivity index (χ4v) is 2.69. The summed E-state index contributed by atoms with van der Waals surface area (Å²) in [5, 5.41) is 3.44. The number of nitrogens with one attached hydrogen (secondary N) is 1. The van der Waals surface area contributed by atoms with E-state index in [1.807, 2.05) is 12.1 Å². The van der Waals surface area contributed by atoms with Crippen molar-refractivity contribution < 1.29 is 4.39 Å². The van der Waals surface area contributed by atoms with E-state index in [-0.39, 0.29) is 11.9 Å². The summed E-state index contributed by atoms with van der Waals surface area (Å²) >= 11 is 3.28. The standard InChI is InChI=1S/C17H20BrFN2/c1-11(2)16(17-12(3)5-4-8-20-17)21-10-13-6-7-14(18)9-15(13)19/h4-9,11,16,21H,10H2,1-3H3. The van der Waals surface area contributed by atoms with Gasteiger partial charge >= 0.3 is 0 Å². The molecule has 2 rings (SSSR count). The van der Waals surface area contributed by atoms with E-state index in [1.54, 1.807) is 12.3 Å². The highest BCUT2D eigenvalue weighted by molar-refractivity contribution is 9.10. The molecule has 1 aromatic heterocycles. The van der Waals surface area contributed by atoms with Crippen LogP contribution >= 0.6 is 15.9 Å². The SMILES string of the molecule is Cc1cccnc1C(NCc1ccc(Br)cc1F)C(C)C. The Morgan fingerprint density at radius 2 is 2.05 bits per heavy atom. The molecular formula is C17H20BrFN2. The minimum absolute atomic E-state index is 0.106. The summed E-state index contributed by atoms with van der Waals surface area (Å²) in [4.78, 5) is 4.48. The lowest BCUT2D eigenvalue weighted by Gasteiger charge is -2.23. The van der Waals surface area contributed by atoms with Crippen LogP contribution in [-0.2, 0) is 6.54 Å². The molecule has 0 aliphatic heterocycles. The maximum Gasteiger partial charge on any atom is 0.128 e. The van der Waals surface area contributed by atoms with Crippen LogP contribution in [0.5, 0.6) is 0 Å². The van der Waals surface area contributed by atoms with Crippen molar-refractivity contribution in [1.29, 1.82) is 0 Å². The first-order chi connectivity index (χ1) is 9.99. The number of aryl methyl sites for hydroxylation is 1. The minimum atomic E-state index is -0.197. The van der Waals surface area contributed by atoms with Gasteiger partial charge in [0.25, 0.3) is 0 Å². The van der Waals surface area contributed by atoms with Gasteiger partial charge < -0.3 is 5.32 Å². The van der Waals surface area contributed by atoms with Gasteiger partial charge in [-0.05, 0) is 36.6 Å². The van der Waals surface area contributed by atoms with E-state index in [0.29, 0.717) is 18.0 Å². The van der Waals surface area contributed by atoms with Gasteiger partial charge in [-0.1, -0.05) is 41.9 Å². The van der Waals surface area contributed by atoms with Crippen LogP contribution in [0.1, 0.15) is 36.7 Å². The molecule has 0 amide bonds. The third kappa shape index (κ3) is 4.11. The molecule has 2 nitrogen and oxygen atoms in total. The molecule has 0 fully saturated rings. The molecule has 4 heteroatoms. The Morgan fingerprint density at radius 3 is 2.67 bits per heavy atom. The van der Waals surface area contributed by atoms with Crippen LogP contribution in [0.3, 0.4) is 0 Å². The van der Waals surface area contributed by atoms with E-state index < -0.39 is 0 Å². The maximum absolute atomic E-state index is 13.9. The van der Waals surface area contributed by atoms with Crippen LogP contribution in [-0.4, -0.2) is 4.98 Å².